The van der Waals surface area contributed by atoms with Crippen LogP contribution in [0.5, 0.6) is 0 Å². The Hall–Kier alpha value is -2.21. The van der Waals surface area contributed by atoms with Crippen LogP contribution >= 0.6 is 0 Å². The molecular formula is C18H23N3O3. The third-order valence-electron chi connectivity index (χ3n) is 4.62. The molecule has 24 heavy (non-hydrogen) atoms. The van der Waals surface area contributed by atoms with Crippen molar-refractivity contribution in [1.82, 2.24) is 15.1 Å². The van der Waals surface area contributed by atoms with Gasteiger partial charge in [-0.15, -0.1) is 0 Å². The Labute approximate surface area is 141 Å². The standard InChI is InChI=1S/C18H23N3O3/c1-13-3-2-4-14(11-13)17(23)18(24)19-12-16(22)21-9-7-20(8-10-21)15-5-6-15/h2-4,11,15H,5-10,12H2,1H3,(H,19,24). The van der Waals surface area contributed by atoms with Crippen LogP contribution in [0.2, 0.25) is 0 Å². The van der Waals surface area contributed by atoms with Crippen molar-refractivity contribution in [1.29, 1.82) is 0 Å². The molecular weight excluding hydrogens is 306 g/mol. The summed E-state index contributed by atoms with van der Waals surface area (Å²) >= 11 is 0. The lowest BCUT2D eigenvalue weighted by molar-refractivity contribution is -0.133. The third-order valence-corrected chi connectivity index (χ3v) is 4.62. The molecule has 1 aromatic rings. The number of Topliss-reactive ketones (excluding diaryl/α,β-unsaturated/α-hetero) is 1. The van der Waals surface area contributed by atoms with Gasteiger partial charge in [0.1, 0.15) is 0 Å². The lowest BCUT2D eigenvalue weighted by Gasteiger charge is -2.34. The van der Waals surface area contributed by atoms with E-state index < -0.39 is 11.7 Å². The van der Waals surface area contributed by atoms with Crippen molar-refractivity contribution >= 4 is 17.6 Å². The summed E-state index contributed by atoms with van der Waals surface area (Å²) in [6.45, 7) is 4.91. The van der Waals surface area contributed by atoms with Crippen LogP contribution in [-0.2, 0) is 9.59 Å². The Kier molecular flexibility index (Phi) is 4.94. The first kappa shape index (κ1) is 16.6. The molecule has 2 fully saturated rings. The Bertz CT molecular complexity index is 647. The largest absolute Gasteiger partial charge is 0.340 e. The maximum absolute atomic E-state index is 12.2. The SMILES string of the molecule is Cc1cccc(C(=O)C(=O)NCC(=O)N2CCN(C3CC3)CC2)c1. The van der Waals surface area contributed by atoms with Crippen molar-refractivity contribution in [3.63, 3.8) is 0 Å². The Morgan fingerprint density at radius 3 is 2.46 bits per heavy atom. The van der Waals surface area contributed by atoms with Gasteiger partial charge in [0.15, 0.2) is 0 Å². The van der Waals surface area contributed by atoms with Crippen molar-refractivity contribution in [2.24, 2.45) is 0 Å². The van der Waals surface area contributed by atoms with Crippen molar-refractivity contribution in [2.75, 3.05) is 32.7 Å². The first-order valence-electron chi connectivity index (χ1n) is 8.45. The van der Waals surface area contributed by atoms with Crippen LogP contribution in [0.15, 0.2) is 24.3 Å². The molecule has 0 bridgehead atoms. The molecule has 1 aliphatic heterocycles. The highest BCUT2D eigenvalue weighted by Gasteiger charge is 2.32. The molecule has 1 heterocycles. The van der Waals surface area contributed by atoms with Gasteiger partial charge in [-0.2, -0.15) is 0 Å². The lowest BCUT2D eigenvalue weighted by atomic mass is 10.1. The van der Waals surface area contributed by atoms with Gasteiger partial charge in [0.2, 0.25) is 11.7 Å². The maximum Gasteiger partial charge on any atom is 0.292 e. The van der Waals surface area contributed by atoms with E-state index in [2.05, 4.69) is 10.2 Å². The fraction of sp³-hybridized carbons (Fsp3) is 0.500. The minimum atomic E-state index is -0.731. The van der Waals surface area contributed by atoms with E-state index in [1.807, 2.05) is 13.0 Å². The molecule has 2 aliphatic rings. The number of nitrogens with one attached hydrogen (secondary N) is 1. The predicted octanol–water partition coefficient (Wildman–Crippen LogP) is 0.601. The average molecular weight is 329 g/mol. The fourth-order valence-corrected chi connectivity index (χ4v) is 3.04. The number of piperazine rings is 1. The molecule has 1 aromatic carbocycles. The van der Waals surface area contributed by atoms with Crippen molar-refractivity contribution in [3.05, 3.63) is 35.4 Å². The van der Waals surface area contributed by atoms with Crippen molar-refractivity contribution in [3.8, 4) is 0 Å². The number of amides is 2. The molecule has 0 atom stereocenters. The number of nitrogens with zero attached hydrogens (tertiary/aromatic N) is 2. The topological polar surface area (TPSA) is 69.7 Å². The van der Waals surface area contributed by atoms with Gasteiger partial charge >= 0.3 is 0 Å². The smallest absolute Gasteiger partial charge is 0.292 e. The molecule has 0 spiro atoms. The summed E-state index contributed by atoms with van der Waals surface area (Å²) in [5.41, 5.74) is 1.26. The molecule has 6 heteroatoms. The zero-order chi connectivity index (χ0) is 17.1. The maximum atomic E-state index is 12.2. The summed E-state index contributed by atoms with van der Waals surface area (Å²) in [5, 5.41) is 2.45. The molecule has 0 aromatic heterocycles. The Morgan fingerprint density at radius 1 is 1.12 bits per heavy atom. The molecule has 1 aliphatic carbocycles. The number of hydrogen-bond donors (Lipinski definition) is 1. The van der Waals surface area contributed by atoms with E-state index in [1.165, 1.54) is 12.8 Å². The number of aryl methyl sites for hydroxylation is 1. The Morgan fingerprint density at radius 2 is 1.83 bits per heavy atom. The molecule has 128 valence electrons. The van der Waals surface area contributed by atoms with Crippen LogP contribution < -0.4 is 5.32 Å². The van der Waals surface area contributed by atoms with Crippen molar-refractivity contribution in [2.45, 2.75) is 25.8 Å². The first-order chi connectivity index (χ1) is 11.5. The third kappa shape index (κ3) is 4.00. The van der Waals surface area contributed by atoms with Gasteiger partial charge in [0.25, 0.3) is 5.91 Å². The lowest BCUT2D eigenvalue weighted by Crippen LogP contribution is -2.52. The molecule has 0 radical (unpaired) electrons. The van der Waals surface area contributed by atoms with Gasteiger partial charge in [-0.3, -0.25) is 19.3 Å². The van der Waals surface area contributed by atoms with Crippen LogP contribution in [0.4, 0.5) is 0 Å². The minimum Gasteiger partial charge on any atom is -0.340 e. The minimum absolute atomic E-state index is 0.125. The first-order valence-corrected chi connectivity index (χ1v) is 8.45. The summed E-state index contributed by atoms with van der Waals surface area (Å²) in [7, 11) is 0. The van der Waals surface area contributed by atoms with Crippen molar-refractivity contribution < 1.29 is 14.4 Å². The quantitative estimate of drug-likeness (QED) is 0.634. The number of carbonyl (C=O) groups excluding carboxylic acids is 3. The van der Waals surface area contributed by atoms with E-state index in [1.54, 1.807) is 23.1 Å². The van der Waals surface area contributed by atoms with Gasteiger partial charge in [-0.25, -0.2) is 0 Å². The van der Waals surface area contributed by atoms with E-state index in [-0.39, 0.29) is 12.5 Å². The molecule has 0 unspecified atom stereocenters. The number of carbonyl (C=O) groups is 3. The van der Waals surface area contributed by atoms with Gasteiger partial charge < -0.3 is 10.2 Å². The van der Waals surface area contributed by atoms with E-state index in [4.69, 9.17) is 0 Å². The number of hydrogen-bond acceptors (Lipinski definition) is 4. The van der Waals surface area contributed by atoms with Gasteiger partial charge in [0.05, 0.1) is 6.54 Å². The van der Waals surface area contributed by atoms with Gasteiger partial charge in [0, 0.05) is 37.8 Å². The average Bonchev–Trinajstić information content (AvgIpc) is 3.44. The second kappa shape index (κ2) is 7.13. The zero-order valence-electron chi connectivity index (χ0n) is 14.0. The summed E-state index contributed by atoms with van der Waals surface area (Å²) in [5.74, 6) is -1.47. The highest BCUT2D eigenvalue weighted by Crippen LogP contribution is 2.27. The number of benzene rings is 1. The number of rotatable bonds is 5. The van der Waals surface area contributed by atoms with Crippen LogP contribution in [0.1, 0.15) is 28.8 Å². The molecule has 1 saturated carbocycles. The van der Waals surface area contributed by atoms with E-state index in [0.717, 1.165) is 18.7 Å². The van der Waals surface area contributed by atoms with Crippen LogP contribution in [0.25, 0.3) is 0 Å². The highest BCUT2D eigenvalue weighted by molar-refractivity contribution is 6.43. The fourth-order valence-electron chi connectivity index (χ4n) is 3.04. The summed E-state index contributed by atoms with van der Waals surface area (Å²) in [6.07, 6.45) is 2.54. The van der Waals surface area contributed by atoms with Crippen LogP contribution in [0.3, 0.4) is 0 Å². The Balaban J connectivity index is 1.45. The molecule has 2 amide bonds. The van der Waals surface area contributed by atoms with Gasteiger partial charge in [-0.05, 0) is 25.8 Å². The van der Waals surface area contributed by atoms with Gasteiger partial charge in [-0.1, -0.05) is 23.8 Å². The second-order valence-corrected chi connectivity index (χ2v) is 6.53. The van der Waals surface area contributed by atoms with E-state index >= 15 is 0 Å². The molecule has 3 rings (SSSR count). The van der Waals surface area contributed by atoms with Crippen LogP contribution in [-0.4, -0.2) is 66.2 Å². The van der Waals surface area contributed by atoms with E-state index in [0.29, 0.717) is 24.7 Å². The zero-order valence-corrected chi connectivity index (χ0v) is 14.0. The number of ketones is 1. The molecule has 6 nitrogen and oxygen atoms in total. The predicted molar refractivity (Wildman–Crippen MR) is 89.7 cm³/mol. The summed E-state index contributed by atoms with van der Waals surface area (Å²) in [6, 6.07) is 7.59. The summed E-state index contributed by atoms with van der Waals surface area (Å²) in [4.78, 5) is 40.4. The monoisotopic (exact) mass is 329 g/mol. The highest BCUT2D eigenvalue weighted by atomic mass is 16.2. The summed E-state index contributed by atoms with van der Waals surface area (Å²) < 4.78 is 0. The van der Waals surface area contributed by atoms with Crippen LogP contribution in [0, 0.1) is 6.92 Å². The molecule has 1 saturated heterocycles. The normalized spacial score (nSPS) is 18.3. The van der Waals surface area contributed by atoms with E-state index in [9.17, 15) is 14.4 Å². The molecule has 1 N–H and O–H groups in total. The second-order valence-electron chi connectivity index (χ2n) is 6.53.